The molecule has 0 bridgehead atoms. The van der Waals surface area contributed by atoms with E-state index < -0.39 is 0 Å². The SMILES string of the molecule is C=C.C=C.C=C.C=C.C=C.C=CC.C=CC.C=CC.C=CC.CCCCOCCCC.COCCO.OCCO. The Hall–Kier alpha value is -2.54. The summed E-state index contributed by atoms with van der Waals surface area (Å²) < 4.78 is 9.76. The fourth-order valence-electron chi connectivity index (χ4n) is 0.686. The van der Waals surface area contributed by atoms with E-state index >= 15 is 0 Å². The van der Waals surface area contributed by atoms with Gasteiger partial charge in [0.1, 0.15) is 0 Å². The van der Waals surface area contributed by atoms with Gasteiger partial charge in [0.2, 0.25) is 0 Å². The highest BCUT2D eigenvalue weighted by molar-refractivity contribution is 4.52. The molecule has 0 heterocycles. The molecule has 0 amide bonds. The van der Waals surface area contributed by atoms with E-state index in [1.807, 2.05) is 27.7 Å². The van der Waals surface area contributed by atoms with Crippen molar-refractivity contribution in [3.63, 3.8) is 0 Å². The molecular weight excluding hydrogens is 500 g/mol. The van der Waals surface area contributed by atoms with Crippen LogP contribution in [0.3, 0.4) is 0 Å². The Balaban J connectivity index is -0.0000000225. The summed E-state index contributed by atoms with van der Waals surface area (Å²) in [5, 5.41) is 23.2. The highest BCUT2D eigenvalue weighted by Crippen LogP contribution is 1.91. The zero-order valence-corrected chi connectivity index (χ0v) is 28.4. The van der Waals surface area contributed by atoms with Crippen LogP contribution in [0.25, 0.3) is 0 Å². The third-order valence-corrected chi connectivity index (χ3v) is 1.68. The van der Waals surface area contributed by atoms with Crippen molar-refractivity contribution >= 4 is 0 Å². The molecule has 0 aliphatic heterocycles. The van der Waals surface area contributed by atoms with E-state index in [4.69, 9.17) is 20.1 Å². The maximum absolute atomic E-state index is 7.94. The lowest BCUT2D eigenvalue weighted by molar-refractivity contribution is 0.128. The molecule has 0 aliphatic carbocycles. The molecular formula is C35H76O5. The molecule has 0 spiro atoms. The van der Waals surface area contributed by atoms with Crippen LogP contribution in [0, 0.1) is 0 Å². The predicted molar refractivity (Wildman–Crippen MR) is 194 cm³/mol. The number of aliphatic hydroxyl groups excluding tert-OH is 3. The van der Waals surface area contributed by atoms with E-state index in [-0.39, 0.29) is 19.8 Å². The summed E-state index contributed by atoms with van der Waals surface area (Å²) in [5.41, 5.74) is 0. The van der Waals surface area contributed by atoms with Gasteiger partial charge in [0, 0.05) is 20.3 Å². The topological polar surface area (TPSA) is 79.2 Å². The number of ether oxygens (including phenoxy) is 2. The number of methoxy groups -OCH3 is 1. The fraction of sp³-hybridized carbons (Fsp3) is 0.486. The van der Waals surface area contributed by atoms with Crippen LogP contribution in [-0.2, 0) is 9.47 Å². The molecule has 3 N–H and O–H groups in total. The summed E-state index contributed by atoms with van der Waals surface area (Å²) in [6.07, 6.45) is 11.9. The van der Waals surface area contributed by atoms with Gasteiger partial charge in [-0.2, -0.15) is 0 Å². The lowest BCUT2D eigenvalue weighted by Gasteiger charge is -1.99. The van der Waals surface area contributed by atoms with Crippen molar-refractivity contribution in [3.8, 4) is 0 Å². The number of hydrogen-bond donors (Lipinski definition) is 3. The van der Waals surface area contributed by atoms with E-state index in [9.17, 15) is 0 Å². The van der Waals surface area contributed by atoms with Crippen molar-refractivity contribution in [1.29, 1.82) is 0 Å². The number of unbranched alkanes of at least 4 members (excludes halogenated alkanes) is 2. The van der Waals surface area contributed by atoms with Crippen LogP contribution in [0.1, 0.15) is 67.2 Å². The van der Waals surface area contributed by atoms with Crippen LogP contribution in [-0.4, -0.2) is 62.1 Å². The van der Waals surface area contributed by atoms with Gasteiger partial charge < -0.3 is 24.8 Å². The molecule has 0 radical (unpaired) electrons. The van der Waals surface area contributed by atoms with Crippen molar-refractivity contribution in [2.24, 2.45) is 0 Å². The van der Waals surface area contributed by atoms with Crippen LogP contribution in [0.5, 0.6) is 0 Å². The van der Waals surface area contributed by atoms with Gasteiger partial charge in [-0.1, -0.05) is 51.0 Å². The standard InChI is InChI=1S/C8H18O.C3H8O2.4C3H6.C2H6O2.5C2H4/c1-3-5-7-9-8-6-4-2;1-5-3-2-4;4*1-3-2;3-1-2-4;5*1-2/h3-8H2,1-2H3;4H,2-3H2,1H3;4*3H,1H2,2H3;3-4H,1-2H2;5*1-2H2. The van der Waals surface area contributed by atoms with Crippen LogP contribution in [0.2, 0.25) is 0 Å². The van der Waals surface area contributed by atoms with Crippen molar-refractivity contribution in [3.05, 3.63) is 116 Å². The summed E-state index contributed by atoms with van der Waals surface area (Å²) in [7, 11) is 1.55. The minimum absolute atomic E-state index is 0.122. The number of hydrogen-bond acceptors (Lipinski definition) is 5. The largest absolute Gasteiger partial charge is 0.394 e. The van der Waals surface area contributed by atoms with Crippen LogP contribution < -0.4 is 0 Å². The normalized spacial score (nSPS) is 5.85. The Morgan fingerprint density at radius 1 is 0.475 bits per heavy atom. The molecule has 0 saturated heterocycles. The highest BCUT2D eigenvalue weighted by Gasteiger charge is 1.84. The van der Waals surface area contributed by atoms with Gasteiger partial charge in [0.25, 0.3) is 0 Å². The molecule has 0 aliphatic rings. The lowest BCUT2D eigenvalue weighted by atomic mass is 10.3. The van der Waals surface area contributed by atoms with E-state index in [0.717, 1.165) is 13.2 Å². The highest BCUT2D eigenvalue weighted by atomic mass is 16.5. The second kappa shape index (κ2) is 253. The average molecular weight is 577 g/mol. The summed E-state index contributed by atoms with van der Waals surface area (Å²) in [5.74, 6) is 0. The molecule has 0 aromatic heterocycles. The minimum Gasteiger partial charge on any atom is -0.394 e. The maximum Gasteiger partial charge on any atom is 0.0693 e. The molecule has 0 atom stereocenters. The molecule has 5 nitrogen and oxygen atoms in total. The summed E-state index contributed by atoms with van der Waals surface area (Å²) in [6.45, 7) is 57.6. The first-order valence-corrected chi connectivity index (χ1v) is 13.1. The first-order chi connectivity index (χ1) is 19.4. The Morgan fingerprint density at radius 2 is 0.675 bits per heavy atom. The first-order valence-electron chi connectivity index (χ1n) is 13.1. The fourth-order valence-corrected chi connectivity index (χ4v) is 0.686. The monoisotopic (exact) mass is 577 g/mol. The van der Waals surface area contributed by atoms with Crippen LogP contribution >= 0.6 is 0 Å². The molecule has 0 aromatic carbocycles. The van der Waals surface area contributed by atoms with Gasteiger partial charge in [0.05, 0.1) is 26.4 Å². The van der Waals surface area contributed by atoms with Gasteiger partial charge >= 0.3 is 0 Å². The number of rotatable bonds is 9. The molecule has 0 unspecified atom stereocenters. The second-order valence-corrected chi connectivity index (χ2v) is 5.12. The Morgan fingerprint density at radius 3 is 0.750 bits per heavy atom. The van der Waals surface area contributed by atoms with E-state index in [1.54, 1.807) is 31.4 Å². The van der Waals surface area contributed by atoms with Crippen LogP contribution in [0.4, 0.5) is 0 Å². The Kier molecular flexibility index (Phi) is 486. The van der Waals surface area contributed by atoms with E-state index in [2.05, 4.69) is 111 Å². The van der Waals surface area contributed by atoms with Crippen LogP contribution in [0.15, 0.2) is 116 Å². The molecule has 40 heavy (non-hydrogen) atoms. The van der Waals surface area contributed by atoms with E-state index in [0.29, 0.717) is 6.61 Å². The minimum atomic E-state index is -0.125. The number of allylic oxidation sites excluding steroid dienone is 4. The first kappa shape index (κ1) is 76.8. The Labute approximate surface area is 255 Å². The summed E-state index contributed by atoms with van der Waals surface area (Å²) in [4.78, 5) is 0. The molecule has 246 valence electrons. The van der Waals surface area contributed by atoms with Crippen molar-refractivity contribution in [2.45, 2.75) is 67.2 Å². The Bertz CT molecular complexity index is 250. The molecule has 0 aromatic rings. The quantitative estimate of drug-likeness (QED) is 0.188. The van der Waals surface area contributed by atoms with Gasteiger partial charge in [-0.3, -0.25) is 0 Å². The average Bonchev–Trinajstić information content (AvgIpc) is 3.01. The third-order valence-electron chi connectivity index (χ3n) is 1.68. The smallest absolute Gasteiger partial charge is 0.0693 e. The van der Waals surface area contributed by atoms with Gasteiger partial charge in [0.15, 0.2) is 0 Å². The van der Waals surface area contributed by atoms with Crippen molar-refractivity contribution in [1.82, 2.24) is 0 Å². The summed E-state index contributed by atoms with van der Waals surface area (Å²) >= 11 is 0. The van der Waals surface area contributed by atoms with Crippen molar-refractivity contribution in [2.75, 3.05) is 46.8 Å². The maximum atomic E-state index is 7.94. The van der Waals surface area contributed by atoms with Gasteiger partial charge in [-0.25, -0.2) is 0 Å². The molecule has 0 rings (SSSR count). The second-order valence-electron chi connectivity index (χ2n) is 5.12. The predicted octanol–water partition coefficient (Wildman–Crippen LogP) is 9.98. The molecule has 5 heteroatoms. The lowest BCUT2D eigenvalue weighted by Crippen LogP contribution is -1.95. The summed E-state index contributed by atoms with van der Waals surface area (Å²) in [6, 6.07) is 0. The molecule has 0 saturated carbocycles. The zero-order chi connectivity index (χ0) is 35.3. The third kappa shape index (κ3) is 1010. The van der Waals surface area contributed by atoms with Gasteiger partial charge in [-0.05, 0) is 40.5 Å². The number of aliphatic hydroxyl groups is 3. The van der Waals surface area contributed by atoms with Gasteiger partial charge in [-0.15, -0.1) is 92.1 Å². The molecule has 0 fully saturated rings. The van der Waals surface area contributed by atoms with Crippen molar-refractivity contribution < 1.29 is 24.8 Å². The zero-order valence-electron chi connectivity index (χ0n) is 28.4. The van der Waals surface area contributed by atoms with E-state index in [1.165, 1.54) is 25.7 Å².